The first-order valence-electron chi connectivity index (χ1n) is 10.6. The summed E-state index contributed by atoms with van der Waals surface area (Å²) in [5.41, 5.74) is 1.09. The average Bonchev–Trinajstić information content (AvgIpc) is 2.68. The Morgan fingerprint density at radius 2 is 1.62 bits per heavy atom. The number of aliphatic hydroxyl groups excluding tert-OH is 4. The van der Waals surface area contributed by atoms with Gasteiger partial charge >= 0.3 is 5.97 Å². The van der Waals surface area contributed by atoms with Gasteiger partial charge in [0.25, 0.3) is 0 Å². The topological polar surface area (TPSA) is 124 Å². The fraction of sp³-hybridized carbons (Fsp3) is 0.818. The van der Waals surface area contributed by atoms with Crippen molar-refractivity contribution in [3.05, 3.63) is 11.6 Å². The number of aliphatic hydroxyl groups is 4. The van der Waals surface area contributed by atoms with Gasteiger partial charge in [-0.1, -0.05) is 58.1 Å². The van der Waals surface area contributed by atoms with Crippen LogP contribution in [0.3, 0.4) is 0 Å². The van der Waals surface area contributed by atoms with Gasteiger partial charge in [0.05, 0.1) is 13.0 Å². The smallest absolute Gasteiger partial charge is 0.310 e. The molecule has 0 saturated carbocycles. The molecule has 0 aliphatic heterocycles. The van der Waals surface area contributed by atoms with Crippen molar-refractivity contribution in [3.8, 4) is 0 Å². The van der Waals surface area contributed by atoms with E-state index in [2.05, 4.69) is 20.8 Å². The van der Waals surface area contributed by atoms with Crippen LogP contribution in [0.2, 0.25) is 0 Å². The molecule has 0 radical (unpaired) electrons. The number of carbonyl (C=O) groups is 2. The number of esters is 1. The van der Waals surface area contributed by atoms with E-state index in [1.165, 1.54) is 19.3 Å². The van der Waals surface area contributed by atoms with Crippen LogP contribution in [0, 0.1) is 11.8 Å². The van der Waals surface area contributed by atoms with Gasteiger partial charge in [0.2, 0.25) is 5.78 Å². The molecule has 0 spiro atoms. The third-order valence-corrected chi connectivity index (χ3v) is 4.97. The van der Waals surface area contributed by atoms with Crippen molar-refractivity contribution in [1.82, 2.24) is 0 Å². The molecule has 0 heterocycles. The average molecular weight is 417 g/mol. The minimum atomic E-state index is -1.93. The molecule has 0 aromatic rings. The van der Waals surface area contributed by atoms with E-state index in [4.69, 9.17) is 9.84 Å². The normalized spacial score (nSPS) is 16.4. The number of rotatable bonds is 16. The molecule has 170 valence electrons. The van der Waals surface area contributed by atoms with Crippen LogP contribution in [0.1, 0.15) is 72.6 Å². The Bertz CT molecular complexity index is 501. The van der Waals surface area contributed by atoms with Crippen molar-refractivity contribution in [3.63, 3.8) is 0 Å². The Kier molecular flexibility index (Phi) is 14.9. The summed E-state index contributed by atoms with van der Waals surface area (Å²) < 4.78 is 4.80. The lowest BCUT2D eigenvalue weighted by Gasteiger charge is -2.20. The molecule has 0 bridgehead atoms. The summed E-state index contributed by atoms with van der Waals surface area (Å²) in [6.07, 6.45) is 3.31. The minimum Gasteiger partial charge on any atom is -0.457 e. The highest BCUT2D eigenvalue weighted by molar-refractivity contribution is 5.86. The van der Waals surface area contributed by atoms with Gasteiger partial charge in [0.1, 0.15) is 18.3 Å². The highest BCUT2D eigenvalue weighted by Gasteiger charge is 2.30. The highest BCUT2D eigenvalue weighted by atomic mass is 16.5. The first kappa shape index (κ1) is 27.7. The van der Waals surface area contributed by atoms with Crippen LogP contribution in [-0.4, -0.2) is 63.7 Å². The second-order valence-corrected chi connectivity index (χ2v) is 8.39. The molecule has 7 heteroatoms. The van der Waals surface area contributed by atoms with Gasteiger partial charge in [-0.15, -0.1) is 0 Å². The van der Waals surface area contributed by atoms with Crippen LogP contribution in [0.25, 0.3) is 0 Å². The van der Waals surface area contributed by atoms with Crippen LogP contribution in [-0.2, 0) is 14.3 Å². The molecule has 7 nitrogen and oxygen atoms in total. The van der Waals surface area contributed by atoms with Gasteiger partial charge in [-0.3, -0.25) is 9.59 Å². The molecular formula is C22H40O7. The van der Waals surface area contributed by atoms with Gasteiger partial charge in [-0.05, 0) is 31.6 Å². The van der Waals surface area contributed by atoms with Gasteiger partial charge in [-0.2, -0.15) is 0 Å². The zero-order chi connectivity index (χ0) is 22.4. The van der Waals surface area contributed by atoms with Crippen LogP contribution in [0.5, 0.6) is 0 Å². The van der Waals surface area contributed by atoms with Gasteiger partial charge in [0.15, 0.2) is 6.61 Å². The van der Waals surface area contributed by atoms with Crippen molar-refractivity contribution >= 4 is 11.8 Å². The number of Topliss-reactive ketones (excluding diaryl/α,β-unsaturated/α-hetero) is 1. The van der Waals surface area contributed by atoms with Crippen LogP contribution >= 0.6 is 0 Å². The van der Waals surface area contributed by atoms with E-state index in [-0.39, 0.29) is 6.42 Å². The summed E-state index contributed by atoms with van der Waals surface area (Å²) >= 11 is 0. The molecule has 0 aliphatic rings. The van der Waals surface area contributed by atoms with E-state index in [0.717, 1.165) is 30.8 Å². The predicted octanol–water partition coefficient (Wildman–Crippen LogP) is 2.14. The fourth-order valence-electron chi connectivity index (χ4n) is 2.91. The van der Waals surface area contributed by atoms with Gasteiger partial charge < -0.3 is 25.2 Å². The van der Waals surface area contributed by atoms with Crippen LogP contribution < -0.4 is 0 Å². The maximum Gasteiger partial charge on any atom is 0.310 e. The lowest BCUT2D eigenvalue weighted by molar-refractivity contribution is -0.154. The summed E-state index contributed by atoms with van der Waals surface area (Å²) in [4.78, 5) is 23.4. The quantitative estimate of drug-likeness (QED) is 0.224. The van der Waals surface area contributed by atoms with Gasteiger partial charge in [-0.25, -0.2) is 0 Å². The number of allylic oxidation sites excluding steroid dienone is 1. The number of hydrogen-bond donors (Lipinski definition) is 4. The molecule has 0 amide bonds. The summed E-state index contributed by atoms with van der Waals surface area (Å²) in [6, 6.07) is 0. The highest BCUT2D eigenvalue weighted by Crippen LogP contribution is 2.19. The van der Waals surface area contributed by atoms with E-state index in [1.54, 1.807) is 6.08 Å². The van der Waals surface area contributed by atoms with Gasteiger partial charge in [0, 0.05) is 0 Å². The van der Waals surface area contributed by atoms with E-state index >= 15 is 0 Å². The molecule has 0 saturated heterocycles. The fourth-order valence-corrected chi connectivity index (χ4v) is 2.91. The summed E-state index contributed by atoms with van der Waals surface area (Å²) in [7, 11) is 0. The Morgan fingerprint density at radius 1 is 1.00 bits per heavy atom. The third-order valence-electron chi connectivity index (χ3n) is 4.97. The maximum atomic E-state index is 11.7. The van der Waals surface area contributed by atoms with Crippen LogP contribution in [0.4, 0.5) is 0 Å². The molecule has 4 N–H and O–H groups in total. The monoisotopic (exact) mass is 416 g/mol. The SMILES string of the molecule is C/C(=C\CC(=O)OCC(=O)[C@H](O)[C@@H](O)[C@H](O)CO)CCCC(C)CCCC(C)C. The van der Waals surface area contributed by atoms with Crippen molar-refractivity contribution in [1.29, 1.82) is 0 Å². The second kappa shape index (κ2) is 15.5. The molecule has 0 fully saturated rings. The minimum absolute atomic E-state index is 0.0287. The number of ketones is 1. The Hall–Kier alpha value is -1.28. The van der Waals surface area contributed by atoms with Crippen molar-refractivity contribution in [2.75, 3.05) is 13.2 Å². The van der Waals surface area contributed by atoms with E-state index in [9.17, 15) is 24.9 Å². The molecular weight excluding hydrogens is 376 g/mol. The predicted molar refractivity (Wildman–Crippen MR) is 111 cm³/mol. The van der Waals surface area contributed by atoms with Crippen molar-refractivity contribution < 1.29 is 34.8 Å². The second-order valence-electron chi connectivity index (χ2n) is 8.39. The third kappa shape index (κ3) is 13.5. The number of hydrogen-bond acceptors (Lipinski definition) is 7. The first-order valence-corrected chi connectivity index (χ1v) is 10.6. The number of ether oxygens (including phenoxy) is 1. The largest absolute Gasteiger partial charge is 0.457 e. The lowest BCUT2D eigenvalue weighted by Crippen LogP contribution is -2.45. The molecule has 1 unspecified atom stereocenters. The zero-order valence-electron chi connectivity index (χ0n) is 18.3. The zero-order valence-corrected chi connectivity index (χ0v) is 18.3. The van der Waals surface area contributed by atoms with Crippen LogP contribution in [0.15, 0.2) is 11.6 Å². The first-order chi connectivity index (χ1) is 13.6. The Labute approximate surface area is 174 Å². The lowest BCUT2D eigenvalue weighted by atomic mass is 9.94. The molecule has 0 rings (SSSR count). The van der Waals surface area contributed by atoms with E-state index in [0.29, 0.717) is 5.92 Å². The molecule has 0 aromatic heterocycles. The molecule has 0 aromatic carbocycles. The van der Waals surface area contributed by atoms with Crippen molar-refractivity contribution in [2.24, 2.45) is 11.8 Å². The van der Waals surface area contributed by atoms with Crippen molar-refractivity contribution in [2.45, 2.75) is 91.0 Å². The molecule has 4 atom stereocenters. The molecule has 29 heavy (non-hydrogen) atoms. The summed E-state index contributed by atoms with van der Waals surface area (Å²) in [5.74, 6) is -0.0961. The standard InChI is InChI=1S/C22H40O7/c1-15(2)7-5-8-16(3)9-6-10-17(4)11-12-20(26)29-14-19(25)22(28)21(27)18(24)13-23/h11,15-16,18,21-24,27-28H,5-10,12-14H2,1-4H3/b17-11+/t16?,18-,21+,22+/m1/s1. The Morgan fingerprint density at radius 3 is 2.21 bits per heavy atom. The summed E-state index contributed by atoms with van der Waals surface area (Å²) in [5, 5.41) is 36.9. The maximum absolute atomic E-state index is 11.7. The summed E-state index contributed by atoms with van der Waals surface area (Å²) in [6.45, 7) is 7.22. The van der Waals surface area contributed by atoms with E-state index < -0.39 is 43.3 Å². The van der Waals surface area contributed by atoms with E-state index in [1.807, 2.05) is 6.92 Å². The molecule has 0 aliphatic carbocycles. The Balaban J connectivity index is 4.07. The number of carbonyl (C=O) groups excluding carboxylic acids is 2.